The molecule has 2 aliphatic heterocycles. The summed E-state index contributed by atoms with van der Waals surface area (Å²) in [4.78, 5) is 57.3. The SMILES string of the molecule is CC(=O)C=C(C)O.CC(=O)C=C(C)O.CC(=O)C=C(C)O.CC(C)c1cc(C(C)C)c2ccnc(-c3[c-]cccc3)c2c1.C[Si](C)(C)c1cc(-c2[c-]cccc2)ncc1-c1ccccc1.Cc1cccnc1-c1[c-]cccc1.Cc1cnc2c3[c-]cccc3c3ccccc3c2n1.[CH3][Ge]([CH3])([CH3])[c]1ccc2[n+](c1)Cc1ccccc1-2.[Ir].[Ir].[Ir].[Pt+2].[c-]1ccccc1N1[CH-]N(c2ccccc2)c2ccccc21. The van der Waals surface area contributed by atoms with Gasteiger partial charge < -0.3 is 45.1 Å². The molecule has 0 amide bonds. The van der Waals surface area contributed by atoms with Crippen LogP contribution in [0.5, 0.6) is 0 Å². The first-order valence-electron chi connectivity index (χ1n) is 45.3. The summed E-state index contributed by atoms with van der Waals surface area (Å²) in [5.41, 5.74) is 24.3. The third kappa shape index (κ3) is 32.5. The summed E-state index contributed by atoms with van der Waals surface area (Å²) in [6, 6.07) is 119. The number of hydrogen-bond donors (Lipinski definition) is 3. The third-order valence-corrected chi connectivity index (χ3v) is 28.1. The minimum atomic E-state index is -1.70. The van der Waals surface area contributed by atoms with Crippen molar-refractivity contribution in [1.82, 2.24) is 24.9 Å². The predicted molar refractivity (Wildman–Crippen MR) is 565 cm³/mol. The first-order valence-corrected chi connectivity index (χ1v) is 56.1. The summed E-state index contributed by atoms with van der Waals surface area (Å²) in [6.07, 6.45) is 13.5. The van der Waals surface area contributed by atoms with E-state index < -0.39 is 21.3 Å². The Morgan fingerprint density at radius 1 is 0.460 bits per heavy atom. The van der Waals surface area contributed by atoms with Crippen LogP contribution in [0, 0.1) is 50.8 Å². The average molecular weight is 2630 g/mol. The zero-order chi connectivity index (χ0) is 96.9. The van der Waals surface area contributed by atoms with Gasteiger partial charge in [-0.1, -0.05) is 178 Å². The molecule has 3 radical (unpaired) electrons. The minimum absolute atomic E-state index is 0. The smallest absolute Gasteiger partial charge is 0.493 e. The molecular weight excluding hydrogens is 2510 g/mol. The number of nitrogens with zero attached hydrogens (tertiary/aromatic N) is 8. The second-order valence-electron chi connectivity index (χ2n) is 35.6. The van der Waals surface area contributed by atoms with Gasteiger partial charge in [0.05, 0.1) is 36.6 Å². The minimum Gasteiger partial charge on any atom is -0.493 e. The zero-order valence-electron chi connectivity index (χ0n) is 81.8. The maximum Gasteiger partial charge on any atom is 2.00 e. The topological polar surface area (TPSA) is 187 Å². The molecule has 2 aliphatic rings. The van der Waals surface area contributed by atoms with Crippen molar-refractivity contribution in [3.05, 3.63) is 429 Å². The summed E-state index contributed by atoms with van der Waals surface area (Å²) >= 11 is -1.70. The van der Waals surface area contributed by atoms with Gasteiger partial charge >= 0.3 is 127 Å². The summed E-state index contributed by atoms with van der Waals surface area (Å²) < 4.78 is 4.00. The van der Waals surface area contributed by atoms with Gasteiger partial charge in [-0.3, -0.25) is 19.4 Å². The second-order valence-corrected chi connectivity index (χ2v) is 51.3. The van der Waals surface area contributed by atoms with Gasteiger partial charge in [-0.25, -0.2) is 0 Å². The molecule has 0 bridgehead atoms. The number of allylic oxidation sites excluding steroid dienone is 6. The Kier molecular flexibility index (Phi) is 45.2. The molecule has 0 saturated heterocycles. The Hall–Kier alpha value is -12.0. The number of aliphatic hydroxyl groups excluding tert-OH is 3. The number of carbonyl (C=O) groups is 3. The molecule has 7 heterocycles. The summed E-state index contributed by atoms with van der Waals surface area (Å²) in [7, 11) is -1.48. The number of benzene rings is 12. The Labute approximate surface area is 879 Å². The molecule has 19 rings (SSSR count). The Morgan fingerprint density at radius 2 is 0.978 bits per heavy atom. The van der Waals surface area contributed by atoms with Gasteiger partial charge in [-0.2, -0.15) is 30.3 Å². The quantitative estimate of drug-likeness (QED) is 0.0247. The van der Waals surface area contributed by atoms with Crippen molar-refractivity contribution >= 4 is 114 Å². The number of aliphatic hydroxyl groups is 3. The van der Waals surface area contributed by atoms with Crippen LogP contribution in [0.4, 0.5) is 22.7 Å². The fourth-order valence-corrected chi connectivity index (χ4v) is 19.4. The van der Waals surface area contributed by atoms with Crippen molar-refractivity contribution in [2.75, 3.05) is 9.80 Å². The molecule has 12 aromatic carbocycles. The Balaban J connectivity index is 0.000000218. The molecule has 17 aromatic rings. The van der Waals surface area contributed by atoms with Gasteiger partial charge in [-0.05, 0) is 159 Å². The number of aryl methyl sites for hydroxylation is 2. The maximum atomic E-state index is 10.0. The Bertz CT molecular complexity index is 6820. The van der Waals surface area contributed by atoms with Crippen LogP contribution in [0.15, 0.2) is 364 Å². The third-order valence-electron chi connectivity index (χ3n) is 21.8. The van der Waals surface area contributed by atoms with E-state index in [9.17, 15) is 14.4 Å². The number of ketones is 3. The van der Waals surface area contributed by atoms with Crippen molar-refractivity contribution in [1.29, 1.82) is 0 Å². The largest absolute Gasteiger partial charge is 2.00 e. The number of pyridine rings is 4. The molecule has 139 heavy (non-hydrogen) atoms. The van der Waals surface area contributed by atoms with Crippen molar-refractivity contribution in [3.63, 3.8) is 0 Å². The van der Waals surface area contributed by atoms with Crippen LogP contribution in [0.1, 0.15) is 109 Å². The van der Waals surface area contributed by atoms with Gasteiger partial charge in [0, 0.05) is 126 Å². The molecule has 0 atom stereocenters. The van der Waals surface area contributed by atoms with E-state index in [-0.39, 0.29) is 116 Å². The standard InChI is InChI=1S/C21H22N.C20H20NSi.C19H14N2.C17H11N2.C15H18GeN.C12H10N.3C5H8O2.3Ir.Pt/c1-14(2)17-12-19(15(3)4)18-10-11-22-21(20(18)13-17)16-8-6-5-7-9-16;1-22(2,3)20-14-19(17-12-8-5-9-13-17)21-15-18(20)16-10-6-4-7-11-16;1-3-9-16(10-4-1)20-15-21(17-11-5-2-6-12-17)19-14-8-7-13-18(19)20;1-11-10-18-16-14-8-4-2-6-12(14)13-7-3-5-9-15(13)17(16)19-11;1-16(2,3)13-8-9-15-14-7-5-4-6-12(14)10-17(15)11-13;1-10-6-5-9-13-12(10)11-7-3-2-4-8-11;3*1-4(6)3-5(2)7;;;;/h5-8,10-15H,1-4H3;4-12,14-15H,1-3H3;1-11,13-15H;2-7,9-10H,1H3;4-9,11H,10H2,1-3H3;2-7,9H,1H3;3*3,6H,1-2H3;;;;/q2*-1;-2;-1;+1;-1;;;;;;;+2. The average Bonchev–Trinajstić information content (AvgIpc) is 1.57. The molecular formula is C119H119GeIr3N8O6PtSi-3. The number of aromatic nitrogens is 6. The first kappa shape index (κ1) is 114. The van der Waals surface area contributed by atoms with E-state index in [1.54, 1.807) is 4.40 Å². The van der Waals surface area contributed by atoms with Crippen molar-refractivity contribution < 1.29 is 116 Å². The monoisotopic (exact) mass is 2630 g/mol. The van der Waals surface area contributed by atoms with Gasteiger partial charge in [0.1, 0.15) is 0 Å². The number of carbonyl (C=O) groups excluding carboxylic acids is 3. The van der Waals surface area contributed by atoms with E-state index in [0.717, 1.165) is 79.2 Å². The molecule has 20 heteroatoms. The summed E-state index contributed by atoms with van der Waals surface area (Å²) in [5.74, 6) is 8.16. The van der Waals surface area contributed by atoms with Crippen LogP contribution in [-0.2, 0) is 102 Å². The summed E-state index contributed by atoms with van der Waals surface area (Å²) in [5, 5.41) is 33.7. The molecule has 3 N–H and O–H groups in total. The predicted octanol–water partition coefficient (Wildman–Crippen LogP) is 28.2. The van der Waals surface area contributed by atoms with E-state index in [1.165, 1.54) is 143 Å². The zero-order valence-corrected chi connectivity index (χ0v) is 94.4. The summed E-state index contributed by atoms with van der Waals surface area (Å²) in [6.45, 7) is 31.9. The van der Waals surface area contributed by atoms with E-state index in [0.29, 0.717) is 11.8 Å². The molecule has 0 unspecified atom stereocenters. The number of hydrogen-bond acceptors (Lipinski definition) is 13. The van der Waals surface area contributed by atoms with Crippen LogP contribution in [0.25, 0.3) is 99.5 Å². The van der Waals surface area contributed by atoms with Gasteiger partial charge in [0.15, 0.2) is 17.3 Å². The van der Waals surface area contributed by atoms with Crippen LogP contribution in [0.3, 0.4) is 0 Å². The first-order chi connectivity index (χ1) is 64.7. The van der Waals surface area contributed by atoms with Gasteiger partial charge in [-0.15, -0.1) is 150 Å². The van der Waals surface area contributed by atoms with Crippen LogP contribution in [0.2, 0.25) is 36.9 Å². The van der Waals surface area contributed by atoms with E-state index >= 15 is 0 Å². The van der Waals surface area contributed by atoms with Gasteiger partial charge in [0.2, 0.25) is 0 Å². The number of para-hydroxylation sites is 4. The fraction of sp³-hybridized carbons (Fsp3) is 0.176. The molecule has 719 valence electrons. The normalized spacial score (nSPS) is 11.5. The maximum absolute atomic E-state index is 10.0. The number of anilines is 4. The van der Waals surface area contributed by atoms with Crippen LogP contribution < -0.4 is 23.9 Å². The van der Waals surface area contributed by atoms with E-state index in [1.807, 2.05) is 141 Å². The molecule has 5 aromatic heterocycles. The van der Waals surface area contributed by atoms with E-state index in [4.69, 9.17) is 20.3 Å². The van der Waals surface area contributed by atoms with Crippen molar-refractivity contribution in [2.45, 2.75) is 138 Å². The second kappa shape index (κ2) is 55.1. The van der Waals surface area contributed by atoms with Crippen LogP contribution >= 0.6 is 0 Å². The molecule has 0 fully saturated rings. The fourth-order valence-electron chi connectivity index (χ4n) is 15.4. The van der Waals surface area contributed by atoms with Gasteiger partial charge in [0.25, 0.3) is 0 Å². The number of fused-ring (bicyclic) bond motifs is 11. The molecule has 14 nitrogen and oxygen atoms in total. The molecule has 0 spiro atoms. The molecule has 0 aliphatic carbocycles. The van der Waals surface area contributed by atoms with E-state index in [2.05, 4.69) is 337 Å². The molecule has 0 saturated carbocycles. The Morgan fingerprint density at radius 3 is 1.52 bits per heavy atom. The van der Waals surface area contributed by atoms with Crippen molar-refractivity contribution in [3.8, 4) is 56.2 Å². The number of rotatable bonds is 13. The van der Waals surface area contributed by atoms with Crippen LogP contribution in [-0.4, -0.2) is 78.9 Å². The van der Waals surface area contributed by atoms with Crippen molar-refractivity contribution in [2.24, 2.45) is 0 Å².